The van der Waals surface area contributed by atoms with Gasteiger partial charge in [0.2, 0.25) is 0 Å². The van der Waals surface area contributed by atoms with Crippen molar-refractivity contribution in [2.45, 2.75) is 12.5 Å². The van der Waals surface area contributed by atoms with Crippen LogP contribution in [-0.2, 0) is 9.84 Å². The van der Waals surface area contributed by atoms with Crippen LogP contribution in [0.2, 0.25) is 0 Å². The molecule has 0 aliphatic carbocycles. The zero-order chi connectivity index (χ0) is 14.0. The molecule has 5 nitrogen and oxygen atoms in total. The van der Waals surface area contributed by atoms with E-state index in [9.17, 15) is 8.42 Å². The summed E-state index contributed by atoms with van der Waals surface area (Å²) in [6.07, 6.45) is 4.34. The Labute approximate surface area is 118 Å². The van der Waals surface area contributed by atoms with Gasteiger partial charge in [-0.2, -0.15) is 5.10 Å². The molecule has 0 radical (unpaired) electrons. The third-order valence-electron chi connectivity index (χ3n) is 3.37. The number of rotatable bonds is 3. The van der Waals surface area contributed by atoms with Crippen molar-refractivity contribution < 1.29 is 13.2 Å². The number of nitrogens with zero attached hydrogens (tertiary/aromatic N) is 1. The van der Waals surface area contributed by atoms with Gasteiger partial charge in [-0.25, -0.2) is 8.42 Å². The summed E-state index contributed by atoms with van der Waals surface area (Å²) >= 11 is 0. The van der Waals surface area contributed by atoms with E-state index in [4.69, 9.17) is 4.74 Å². The highest BCUT2D eigenvalue weighted by atomic mass is 32.2. The van der Waals surface area contributed by atoms with Crippen LogP contribution < -0.4 is 10.2 Å². The molecule has 0 aromatic heterocycles. The van der Waals surface area contributed by atoms with E-state index < -0.39 is 9.84 Å². The second kappa shape index (κ2) is 5.28. The summed E-state index contributed by atoms with van der Waals surface area (Å²) in [4.78, 5) is 0. The van der Waals surface area contributed by atoms with Crippen LogP contribution in [-0.4, -0.2) is 38.8 Å². The quantitative estimate of drug-likeness (QED) is 0.672. The number of fused-ring (bicyclic) bond motifs is 1. The molecule has 6 heteroatoms. The molecule has 0 amide bonds. The molecule has 1 atom stereocenters. The van der Waals surface area contributed by atoms with Crippen LogP contribution >= 0.6 is 0 Å². The summed E-state index contributed by atoms with van der Waals surface area (Å²) in [5.41, 5.74) is 4.89. The van der Waals surface area contributed by atoms with Gasteiger partial charge in [0.25, 0.3) is 0 Å². The predicted molar refractivity (Wildman–Crippen MR) is 78.6 cm³/mol. The summed E-state index contributed by atoms with van der Waals surface area (Å²) in [5, 5.41) is 4.13. The first-order chi connectivity index (χ1) is 9.62. The van der Waals surface area contributed by atoms with E-state index in [-0.39, 0.29) is 17.5 Å². The second-order valence-electron chi connectivity index (χ2n) is 5.03. The summed E-state index contributed by atoms with van der Waals surface area (Å²) in [6, 6.07) is 7.74. The Balaban J connectivity index is 1.62. The topological polar surface area (TPSA) is 67.8 Å². The lowest BCUT2D eigenvalue weighted by molar-refractivity contribution is 0.353. The third kappa shape index (κ3) is 3.01. The van der Waals surface area contributed by atoms with E-state index in [1.165, 1.54) is 0 Å². The SMILES string of the molecule is O=S1(=O)CCC(NN=CC2=Cc3ccccc3OC2)C1. The molecule has 2 aliphatic heterocycles. The maximum Gasteiger partial charge on any atom is 0.152 e. The van der Waals surface area contributed by atoms with Gasteiger partial charge in [0.1, 0.15) is 12.4 Å². The van der Waals surface area contributed by atoms with Crippen molar-refractivity contribution >= 4 is 22.1 Å². The number of ether oxygens (including phenoxy) is 1. The van der Waals surface area contributed by atoms with Crippen molar-refractivity contribution in [2.24, 2.45) is 5.10 Å². The molecule has 0 saturated carbocycles. The van der Waals surface area contributed by atoms with E-state index in [1.807, 2.05) is 30.3 Å². The zero-order valence-corrected chi connectivity index (χ0v) is 11.8. The first-order valence-electron chi connectivity index (χ1n) is 6.54. The minimum Gasteiger partial charge on any atom is -0.488 e. The summed E-state index contributed by atoms with van der Waals surface area (Å²) in [7, 11) is -2.87. The van der Waals surface area contributed by atoms with E-state index in [0.29, 0.717) is 13.0 Å². The Bertz CT molecular complexity index is 665. The fourth-order valence-electron chi connectivity index (χ4n) is 2.33. The number of hydrazone groups is 1. The van der Waals surface area contributed by atoms with Gasteiger partial charge in [0.05, 0.1) is 23.8 Å². The molecule has 106 valence electrons. The molecule has 2 heterocycles. The summed E-state index contributed by atoms with van der Waals surface area (Å²) in [6.45, 7) is 0.477. The van der Waals surface area contributed by atoms with Gasteiger partial charge in [-0.15, -0.1) is 0 Å². The number of hydrogen-bond acceptors (Lipinski definition) is 5. The van der Waals surface area contributed by atoms with Gasteiger partial charge >= 0.3 is 0 Å². The van der Waals surface area contributed by atoms with Crippen molar-refractivity contribution in [3.63, 3.8) is 0 Å². The molecule has 0 bridgehead atoms. The van der Waals surface area contributed by atoms with Gasteiger partial charge in [-0.1, -0.05) is 18.2 Å². The highest BCUT2D eigenvalue weighted by molar-refractivity contribution is 7.91. The fourth-order valence-corrected chi connectivity index (χ4v) is 4.00. The Morgan fingerprint density at radius 1 is 1.35 bits per heavy atom. The first-order valence-corrected chi connectivity index (χ1v) is 8.36. The van der Waals surface area contributed by atoms with Gasteiger partial charge in [-0.05, 0) is 18.6 Å². The molecule has 1 aromatic rings. The second-order valence-corrected chi connectivity index (χ2v) is 7.26. The Morgan fingerprint density at radius 3 is 3.00 bits per heavy atom. The average molecular weight is 292 g/mol. The highest BCUT2D eigenvalue weighted by Crippen LogP contribution is 2.24. The minimum atomic E-state index is -2.87. The molecular formula is C14H16N2O3S. The molecule has 1 unspecified atom stereocenters. The number of sulfone groups is 1. The van der Waals surface area contributed by atoms with Crippen LogP contribution in [0, 0.1) is 0 Å². The Morgan fingerprint density at radius 2 is 2.20 bits per heavy atom. The molecule has 0 spiro atoms. The molecular weight excluding hydrogens is 276 g/mol. The van der Waals surface area contributed by atoms with Crippen LogP contribution in [0.5, 0.6) is 5.75 Å². The van der Waals surface area contributed by atoms with Gasteiger partial charge < -0.3 is 10.2 Å². The largest absolute Gasteiger partial charge is 0.488 e. The van der Waals surface area contributed by atoms with Crippen molar-refractivity contribution in [3.8, 4) is 5.75 Å². The molecule has 2 aliphatic rings. The maximum absolute atomic E-state index is 11.3. The van der Waals surface area contributed by atoms with Crippen LogP contribution in [0.1, 0.15) is 12.0 Å². The Hall–Kier alpha value is -1.82. The monoisotopic (exact) mass is 292 g/mol. The van der Waals surface area contributed by atoms with Crippen molar-refractivity contribution in [1.82, 2.24) is 5.43 Å². The molecule has 1 N–H and O–H groups in total. The molecule has 20 heavy (non-hydrogen) atoms. The zero-order valence-electron chi connectivity index (χ0n) is 11.0. The summed E-state index contributed by atoms with van der Waals surface area (Å²) in [5.74, 6) is 1.29. The number of benzene rings is 1. The number of hydrogen-bond donors (Lipinski definition) is 1. The van der Waals surface area contributed by atoms with Crippen molar-refractivity contribution in [2.75, 3.05) is 18.1 Å². The van der Waals surface area contributed by atoms with Gasteiger partial charge in [-0.3, -0.25) is 0 Å². The molecule has 1 saturated heterocycles. The van der Waals surface area contributed by atoms with Crippen LogP contribution in [0.4, 0.5) is 0 Å². The lowest BCUT2D eigenvalue weighted by Gasteiger charge is -2.15. The maximum atomic E-state index is 11.3. The fraction of sp³-hybridized carbons (Fsp3) is 0.357. The molecule has 3 rings (SSSR count). The van der Waals surface area contributed by atoms with E-state index in [0.717, 1.165) is 16.9 Å². The van der Waals surface area contributed by atoms with Crippen LogP contribution in [0.25, 0.3) is 6.08 Å². The standard InChI is InChI=1S/C14H16N2O3S/c17-20(18)6-5-13(10-20)16-15-8-11-7-12-3-1-2-4-14(12)19-9-11/h1-4,7-8,13,16H,5-6,9-10H2. The summed E-state index contributed by atoms with van der Waals surface area (Å²) < 4.78 is 28.2. The molecule has 1 aromatic carbocycles. The lowest BCUT2D eigenvalue weighted by Crippen LogP contribution is -2.25. The lowest BCUT2D eigenvalue weighted by atomic mass is 10.1. The highest BCUT2D eigenvalue weighted by Gasteiger charge is 2.27. The first kappa shape index (κ1) is 13.2. The third-order valence-corrected chi connectivity index (χ3v) is 5.14. The molecule has 1 fully saturated rings. The minimum absolute atomic E-state index is 0.0753. The van der Waals surface area contributed by atoms with Crippen molar-refractivity contribution in [3.05, 3.63) is 35.4 Å². The van der Waals surface area contributed by atoms with Gasteiger partial charge in [0, 0.05) is 11.1 Å². The number of nitrogens with one attached hydrogen (secondary N) is 1. The van der Waals surface area contributed by atoms with E-state index >= 15 is 0 Å². The average Bonchev–Trinajstić information content (AvgIpc) is 2.78. The predicted octanol–water partition coefficient (Wildman–Crippen LogP) is 1.22. The van der Waals surface area contributed by atoms with E-state index in [2.05, 4.69) is 10.5 Å². The normalized spacial score (nSPS) is 24.0. The van der Waals surface area contributed by atoms with Crippen LogP contribution in [0.3, 0.4) is 0 Å². The Kier molecular flexibility index (Phi) is 3.48. The van der Waals surface area contributed by atoms with Crippen molar-refractivity contribution in [1.29, 1.82) is 0 Å². The van der Waals surface area contributed by atoms with E-state index in [1.54, 1.807) is 6.21 Å². The van der Waals surface area contributed by atoms with Crippen LogP contribution in [0.15, 0.2) is 34.9 Å². The number of para-hydroxylation sites is 1. The van der Waals surface area contributed by atoms with Gasteiger partial charge in [0.15, 0.2) is 9.84 Å². The smallest absolute Gasteiger partial charge is 0.152 e.